The van der Waals surface area contributed by atoms with Crippen molar-refractivity contribution in [3.63, 3.8) is 0 Å². The fraction of sp³-hybridized carbons (Fsp3) is 0.833. The number of rotatable bonds is 6. The topological polar surface area (TPSA) is 86.1 Å². The maximum Gasteiger partial charge on any atom is 0.211 e. The van der Waals surface area contributed by atoms with Crippen molar-refractivity contribution < 1.29 is 13.2 Å². The highest BCUT2D eigenvalue weighted by atomic mass is 32.2. The van der Waals surface area contributed by atoms with Gasteiger partial charge in [-0.3, -0.25) is 0 Å². The molecule has 0 saturated carbocycles. The maximum absolute atomic E-state index is 11.8. The molecule has 0 bridgehead atoms. The molecule has 0 fully saturated rings. The second-order valence-corrected chi connectivity index (χ2v) is 7.13. The Morgan fingerprint density at radius 2 is 2.30 bits per heavy atom. The van der Waals surface area contributed by atoms with Crippen LogP contribution < -0.4 is 4.72 Å². The molecule has 0 aromatic carbocycles. The van der Waals surface area contributed by atoms with Crippen LogP contribution in [0.3, 0.4) is 0 Å². The number of fused-ring (bicyclic) bond motifs is 1. The van der Waals surface area contributed by atoms with E-state index in [0.717, 1.165) is 17.8 Å². The molecule has 0 spiro atoms. The molecule has 1 aromatic rings. The highest BCUT2D eigenvalue weighted by molar-refractivity contribution is 7.89. The zero-order chi connectivity index (χ0) is 14.6. The van der Waals surface area contributed by atoms with Crippen LogP contribution in [0.4, 0.5) is 0 Å². The molecule has 0 amide bonds. The van der Waals surface area contributed by atoms with Crippen molar-refractivity contribution >= 4 is 10.0 Å². The average molecular weight is 302 g/mol. The summed E-state index contributed by atoms with van der Waals surface area (Å²) in [7, 11) is -3.18. The first-order valence-electron chi connectivity index (χ1n) is 6.96. The minimum absolute atomic E-state index is 0.0775. The van der Waals surface area contributed by atoms with E-state index in [1.807, 2.05) is 18.5 Å². The molecule has 1 aromatic heterocycles. The van der Waals surface area contributed by atoms with Crippen molar-refractivity contribution in [2.75, 3.05) is 18.9 Å². The summed E-state index contributed by atoms with van der Waals surface area (Å²) in [6, 6.07) is 0. The number of sulfonamides is 1. The lowest BCUT2D eigenvalue weighted by Crippen LogP contribution is -2.34. The average Bonchev–Trinajstić information content (AvgIpc) is 2.65. The Morgan fingerprint density at radius 1 is 1.50 bits per heavy atom. The summed E-state index contributed by atoms with van der Waals surface area (Å²) in [5, 5.41) is 8.09. The Bertz CT molecular complexity index is 541. The molecule has 7 nitrogen and oxygen atoms in total. The van der Waals surface area contributed by atoms with Crippen LogP contribution in [0.5, 0.6) is 0 Å². The molecule has 1 aliphatic heterocycles. The van der Waals surface area contributed by atoms with Gasteiger partial charge in [0, 0.05) is 19.0 Å². The molecular formula is C12H22N4O3S. The Balaban J connectivity index is 1.91. The van der Waals surface area contributed by atoms with Crippen molar-refractivity contribution in [1.82, 2.24) is 19.7 Å². The van der Waals surface area contributed by atoms with Gasteiger partial charge in [-0.15, -0.1) is 5.10 Å². The second-order valence-electron chi connectivity index (χ2n) is 5.21. The largest absolute Gasteiger partial charge is 0.375 e. The fourth-order valence-electron chi connectivity index (χ4n) is 2.14. The van der Waals surface area contributed by atoms with Crippen LogP contribution in [-0.4, -0.2) is 42.3 Å². The van der Waals surface area contributed by atoms with E-state index in [4.69, 9.17) is 4.74 Å². The molecule has 1 atom stereocenters. The molecule has 1 aliphatic rings. The minimum Gasteiger partial charge on any atom is -0.375 e. The molecule has 114 valence electrons. The number of ether oxygens (including phenoxy) is 1. The Morgan fingerprint density at radius 3 is 3.05 bits per heavy atom. The highest BCUT2D eigenvalue weighted by Gasteiger charge is 2.21. The summed E-state index contributed by atoms with van der Waals surface area (Å²) < 4.78 is 33.6. The van der Waals surface area contributed by atoms with Crippen LogP contribution >= 0.6 is 0 Å². The van der Waals surface area contributed by atoms with E-state index in [1.165, 1.54) is 0 Å². The molecule has 20 heavy (non-hydrogen) atoms. The molecular weight excluding hydrogens is 280 g/mol. The fourth-order valence-corrected chi connectivity index (χ4v) is 3.44. The van der Waals surface area contributed by atoms with Crippen molar-refractivity contribution in [3.05, 3.63) is 11.4 Å². The quantitative estimate of drug-likeness (QED) is 0.824. The zero-order valence-corrected chi connectivity index (χ0v) is 12.8. The van der Waals surface area contributed by atoms with Gasteiger partial charge in [0.15, 0.2) is 0 Å². The summed E-state index contributed by atoms with van der Waals surface area (Å²) >= 11 is 0. The first-order valence-corrected chi connectivity index (χ1v) is 8.61. The van der Waals surface area contributed by atoms with Gasteiger partial charge in [0.25, 0.3) is 0 Å². The molecule has 2 heterocycles. The van der Waals surface area contributed by atoms with E-state index >= 15 is 0 Å². The predicted molar refractivity (Wildman–Crippen MR) is 74.6 cm³/mol. The number of unbranched alkanes of at least 4 members (excludes halogenated alkanes) is 1. The van der Waals surface area contributed by atoms with Crippen LogP contribution in [0.2, 0.25) is 0 Å². The van der Waals surface area contributed by atoms with Gasteiger partial charge >= 0.3 is 0 Å². The van der Waals surface area contributed by atoms with Gasteiger partial charge in [0.05, 0.1) is 30.4 Å². The number of hydrogen-bond donors (Lipinski definition) is 1. The molecule has 0 aliphatic carbocycles. The number of hydrogen-bond acceptors (Lipinski definition) is 5. The third-order valence-electron chi connectivity index (χ3n) is 3.41. The van der Waals surface area contributed by atoms with Gasteiger partial charge in [-0.25, -0.2) is 17.8 Å². The molecule has 0 radical (unpaired) electrons. The van der Waals surface area contributed by atoms with Crippen molar-refractivity contribution in [2.24, 2.45) is 5.92 Å². The summed E-state index contributed by atoms with van der Waals surface area (Å²) in [5.41, 5.74) is 1.84. The van der Waals surface area contributed by atoms with E-state index in [-0.39, 0.29) is 11.7 Å². The molecule has 2 rings (SSSR count). The standard InChI is InChI=1S/C12H22N4O3S/c1-3-4-5-20(17,18)13-6-11-7-16-12(9-19-8-11)10(2)14-15-16/h11,13H,3-9H2,1-2H3. The van der Waals surface area contributed by atoms with Crippen molar-refractivity contribution in [1.29, 1.82) is 0 Å². The monoisotopic (exact) mass is 302 g/mol. The van der Waals surface area contributed by atoms with E-state index in [2.05, 4.69) is 15.0 Å². The van der Waals surface area contributed by atoms with E-state index in [1.54, 1.807) is 0 Å². The summed E-state index contributed by atoms with van der Waals surface area (Å²) in [4.78, 5) is 0. The number of nitrogens with one attached hydrogen (secondary N) is 1. The van der Waals surface area contributed by atoms with Crippen LogP contribution in [-0.2, 0) is 27.9 Å². The lowest BCUT2D eigenvalue weighted by Gasteiger charge is -2.14. The van der Waals surface area contributed by atoms with E-state index in [0.29, 0.717) is 32.7 Å². The predicted octanol–water partition coefficient (Wildman–Crippen LogP) is 0.452. The van der Waals surface area contributed by atoms with Crippen LogP contribution in [0.1, 0.15) is 31.2 Å². The van der Waals surface area contributed by atoms with E-state index in [9.17, 15) is 8.42 Å². The third kappa shape index (κ3) is 4.00. The number of aryl methyl sites for hydroxylation is 1. The van der Waals surface area contributed by atoms with Gasteiger partial charge in [0.2, 0.25) is 10.0 Å². The first kappa shape index (κ1) is 15.4. The third-order valence-corrected chi connectivity index (χ3v) is 4.85. The summed E-state index contributed by atoms with van der Waals surface area (Å²) in [6.07, 6.45) is 1.55. The lowest BCUT2D eigenvalue weighted by atomic mass is 10.1. The van der Waals surface area contributed by atoms with Crippen molar-refractivity contribution in [2.45, 2.75) is 39.8 Å². The van der Waals surface area contributed by atoms with Crippen LogP contribution in [0, 0.1) is 12.8 Å². The SMILES string of the molecule is CCCCS(=O)(=O)NCC1COCc2c(C)nnn2C1. The van der Waals surface area contributed by atoms with Gasteiger partial charge in [-0.1, -0.05) is 18.6 Å². The highest BCUT2D eigenvalue weighted by Crippen LogP contribution is 2.14. The van der Waals surface area contributed by atoms with Crippen LogP contribution in [0.25, 0.3) is 0 Å². The summed E-state index contributed by atoms with van der Waals surface area (Å²) in [6.45, 7) is 5.90. The normalized spacial score (nSPS) is 19.6. The maximum atomic E-state index is 11.8. The van der Waals surface area contributed by atoms with Crippen molar-refractivity contribution in [3.8, 4) is 0 Å². The summed E-state index contributed by atoms with van der Waals surface area (Å²) in [5.74, 6) is 0.263. The molecule has 1 N–H and O–H groups in total. The van der Waals surface area contributed by atoms with Crippen LogP contribution in [0.15, 0.2) is 0 Å². The minimum atomic E-state index is -3.18. The second kappa shape index (κ2) is 6.64. The Hall–Kier alpha value is -0.990. The lowest BCUT2D eigenvalue weighted by molar-refractivity contribution is 0.0954. The first-order chi connectivity index (χ1) is 9.52. The van der Waals surface area contributed by atoms with E-state index < -0.39 is 10.0 Å². The number of aromatic nitrogens is 3. The Labute approximate surface area is 119 Å². The number of nitrogens with zero attached hydrogens (tertiary/aromatic N) is 3. The van der Waals surface area contributed by atoms with Gasteiger partial charge in [-0.2, -0.15) is 0 Å². The smallest absolute Gasteiger partial charge is 0.211 e. The zero-order valence-electron chi connectivity index (χ0n) is 12.0. The Kier molecular flexibility index (Phi) is 5.11. The molecule has 1 unspecified atom stereocenters. The molecule has 8 heteroatoms. The van der Waals surface area contributed by atoms with Gasteiger partial charge in [-0.05, 0) is 13.3 Å². The van der Waals surface area contributed by atoms with Gasteiger partial charge in [0.1, 0.15) is 0 Å². The molecule has 0 saturated heterocycles. The van der Waals surface area contributed by atoms with Gasteiger partial charge < -0.3 is 4.74 Å².